The Morgan fingerprint density at radius 1 is 1.41 bits per heavy atom. The zero-order valence-electron chi connectivity index (χ0n) is 10.4. The molecule has 1 aliphatic heterocycles. The van der Waals surface area contributed by atoms with Crippen molar-refractivity contribution >= 4 is 5.91 Å². The molecule has 0 unspecified atom stereocenters. The molecule has 17 heavy (non-hydrogen) atoms. The molecule has 1 saturated heterocycles. The van der Waals surface area contributed by atoms with Gasteiger partial charge < -0.3 is 10.2 Å². The highest BCUT2D eigenvalue weighted by Gasteiger charge is 2.23. The summed E-state index contributed by atoms with van der Waals surface area (Å²) in [5, 5.41) is 2.67. The van der Waals surface area contributed by atoms with Gasteiger partial charge in [0.25, 0.3) is 0 Å². The Kier molecular flexibility index (Phi) is 4.15. The molecule has 0 radical (unpaired) electrons. The minimum absolute atomic E-state index is 0.133. The van der Waals surface area contributed by atoms with Crippen LogP contribution in [0.3, 0.4) is 0 Å². The van der Waals surface area contributed by atoms with Crippen LogP contribution in [-0.2, 0) is 4.79 Å². The predicted molar refractivity (Wildman–Crippen MR) is 68.9 cm³/mol. The monoisotopic (exact) mass is 232 g/mol. The smallest absolute Gasteiger partial charge is 0.221 e. The van der Waals surface area contributed by atoms with E-state index in [4.69, 9.17) is 0 Å². The molecule has 1 aromatic carbocycles. The first kappa shape index (κ1) is 12.1. The van der Waals surface area contributed by atoms with Crippen LogP contribution >= 0.6 is 0 Å². The van der Waals surface area contributed by atoms with Crippen LogP contribution < -0.4 is 5.32 Å². The first-order chi connectivity index (χ1) is 8.29. The molecule has 1 atom stereocenters. The molecule has 3 heteroatoms. The van der Waals surface area contributed by atoms with Crippen molar-refractivity contribution in [3.8, 4) is 0 Å². The lowest BCUT2D eigenvalue weighted by Crippen LogP contribution is -2.27. The van der Waals surface area contributed by atoms with Crippen molar-refractivity contribution in [1.82, 2.24) is 10.2 Å². The van der Waals surface area contributed by atoms with E-state index in [9.17, 15) is 4.79 Å². The van der Waals surface area contributed by atoms with E-state index in [1.54, 1.807) is 7.05 Å². The Morgan fingerprint density at radius 3 is 2.88 bits per heavy atom. The maximum Gasteiger partial charge on any atom is 0.221 e. The van der Waals surface area contributed by atoms with E-state index in [2.05, 4.69) is 40.5 Å². The summed E-state index contributed by atoms with van der Waals surface area (Å²) in [5.74, 6) is 0.772. The van der Waals surface area contributed by atoms with Gasteiger partial charge in [-0.2, -0.15) is 0 Å². The maximum absolute atomic E-state index is 11.2. The second-order valence-electron chi connectivity index (χ2n) is 4.62. The summed E-state index contributed by atoms with van der Waals surface area (Å²) in [6.45, 7) is 3.07. The topological polar surface area (TPSA) is 32.3 Å². The Balaban J connectivity index is 1.82. The summed E-state index contributed by atoms with van der Waals surface area (Å²) in [4.78, 5) is 13.6. The number of carbonyl (C=O) groups excluding carboxylic acids is 1. The number of carbonyl (C=O) groups is 1. The van der Waals surface area contributed by atoms with E-state index in [0.717, 1.165) is 19.6 Å². The Labute approximate surface area is 103 Å². The molecule has 2 rings (SSSR count). The molecule has 1 fully saturated rings. The van der Waals surface area contributed by atoms with Gasteiger partial charge >= 0.3 is 0 Å². The molecule has 0 aromatic heterocycles. The summed E-state index contributed by atoms with van der Waals surface area (Å²) in [6.07, 6.45) is 1.82. The number of nitrogens with one attached hydrogen (secondary N) is 1. The van der Waals surface area contributed by atoms with Crippen LogP contribution in [0, 0.1) is 0 Å². The molecule has 0 bridgehead atoms. The number of rotatable bonds is 4. The molecule has 0 aliphatic carbocycles. The second kappa shape index (κ2) is 5.82. The standard InChI is InChI=1S/C14H20N2O/c1-15-14(17)8-10-16-9-7-13(11-16)12-5-3-2-4-6-12/h2-6,13H,7-11H2,1H3,(H,15,17)/t13-/m1/s1. The molecule has 1 heterocycles. The van der Waals surface area contributed by atoms with Gasteiger partial charge in [0.15, 0.2) is 0 Å². The highest BCUT2D eigenvalue weighted by Crippen LogP contribution is 2.26. The van der Waals surface area contributed by atoms with Crippen molar-refractivity contribution in [2.75, 3.05) is 26.7 Å². The maximum atomic E-state index is 11.2. The third-order valence-corrected chi connectivity index (χ3v) is 3.48. The quantitative estimate of drug-likeness (QED) is 0.855. The SMILES string of the molecule is CNC(=O)CCN1CC[C@@H](c2ccccc2)C1. The van der Waals surface area contributed by atoms with E-state index in [-0.39, 0.29) is 5.91 Å². The molecule has 3 nitrogen and oxygen atoms in total. The fourth-order valence-corrected chi connectivity index (χ4v) is 2.42. The minimum Gasteiger partial charge on any atom is -0.359 e. The van der Waals surface area contributed by atoms with E-state index in [1.165, 1.54) is 12.0 Å². The predicted octanol–water partition coefficient (Wildman–Crippen LogP) is 1.61. The lowest BCUT2D eigenvalue weighted by atomic mass is 9.99. The van der Waals surface area contributed by atoms with Crippen molar-refractivity contribution in [2.45, 2.75) is 18.8 Å². The van der Waals surface area contributed by atoms with Crippen molar-refractivity contribution in [3.05, 3.63) is 35.9 Å². The third-order valence-electron chi connectivity index (χ3n) is 3.48. The third kappa shape index (κ3) is 3.30. The van der Waals surface area contributed by atoms with Gasteiger partial charge in [0.1, 0.15) is 0 Å². The highest BCUT2D eigenvalue weighted by atomic mass is 16.1. The molecule has 1 N–H and O–H groups in total. The lowest BCUT2D eigenvalue weighted by Gasteiger charge is -2.15. The number of benzene rings is 1. The summed E-state index contributed by atoms with van der Waals surface area (Å²) in [5.41, 5.74) is 1.43. The molecular weight excluding hydrogens is 212 g/mol. The molecule has 0 saturated carbocycles. The van der Waals surface area contributed by atoms with Crippen molar-refractivity contribution in [2.24, 2.45) is 0 Å². The highest BCUT2D eigenvalue weighted by molar-refractivity contribution is 5.75. The average Bonchev–Trinajstić information content (AvgIpc) is 2.86. The fraction of sp³-hybridized carbons (Fsp3) is 0.500. The summed E-state index contributed by atoms with van der Waals surface area (Å²) < 4.78 is 0. The Bertz CT molecular complexity index is 364. The second-order valence-corrected chi connectivity index (χ2v) is 4.62. The normalized spacial score (nSPS) is 20.4. The van der Waals surface area contributed by atoms with Crippen molar-refractivity contribution < 1.29 is 4.79 Å². The average molecular weight is 232 g/mol. The zero-order chi connectivity index (χ0) is 12.1. The lowest BCUT2D eigenvalue weighted by molar-refractivity contribution is -0.120. The van der Waals surface area contributed by atoms with E-state index in [0.29, 0.717) is 12.3 Å². The van der Waals surface area contributed by atoms with Gasteiger partial charge in [0.2, 0.25) is 5.91 Å². The molecule has 1 aliphatic rings. The van der Waals surface area contributed by atoms with E-state index < -0.39 is 0 Å². The van der Waals surface area contributed by atoms with Crippen LogP contribution in [-0.4, -0.2) is 37.5 Å². The number of amides is 1. The first-order valence-corrected chi connectivity index (χ1v) is 6.27. The van der Waals surface area contributed by atoms with E-state index in [1.807, 2.05) is 0 Å². The van der Waals surface area contributed by atoms with Gasteiger partial charge in [0.05, 0.1) is 0 Å². The van der Waals surface area contributed by atoms with Crippen LogP contribution in [0.15, 0.2) is 30.3 Å². The number of likely N-dealkylation sites (tertiary alicyclic amines) is 1. The number of hydrogen-bond donors (Lipinski definition) is 1. The van der Waals surface area contributed by atoms with Crippen LogP contribution in [0.25, 0.3) is 0 Å². The molecule has 1 aromatic rings. The molecular formula is C14H20N2O. The van der Waals surface area contributed by atoms with Gasteiger partial charge in [0, 0.05) is 26.6 Å². The number of hydrogen-bond acceptors (Lipinski definition) is 2. The van der Waals surface area contributed by atoms with Crippen LogP contribution in [0.1, 0.15) is 24.3 Å². The molecule has 0 spiro atoms. The summed E-state index contributed by atoms with van der Waals surface area (Å²) in [6, 6.07) is 10.7. The number of nitrogens with zero attached hydrogens (tertiary/aromatic N) is 1. The Morgan fingerprint density at radius 2 is 2.18 bits per heavy atom. The molecule has 1 amide bonds. The van der Waals surface area contributed by atoms with Crippen molar-refractivity contribution in [3.63, 3.8) is 0 Å². The summed E-state index contributed by atoms with van der Waals surface area (Å²) >= 11 is 0. The van der Waals surface area contributed by atoms with Gasteiger partial charge in [-0.1, -0.05) is 30.3 Å². The minimum atomic E-state index is 0.133. The molecule has 92 valence electrons. The summed E-state index contributed by atoms with van der Waals surface area (Å²) in [7, 11) is 1.69. The van der Waals surface area contributed by atoms with Gasteiger partial charge in [-0.3, -0.25) is 4.79 Å². The van der Waals surface area contributed by atoms with Crippen LogP contribution in [0.2, 0.25) is 0 Å². The largest absolute Gasteiger partial charge is 0.359 e. The fourth-order valence-electron chi connectivity index (χ4n) is 2.42. The van der Waals surface area contributed by atoms with E-state index >= 15 is 0 Å². The zero-order valence-corrected chi connectivity index (χ0v) is 10.4. The van der Waals surface area contributed by atoms with Gasteiger partial charge in [-0.25, -0.2) is 0 Å². The van der Waals surface area contributed by atoms with Crippen LogP contribution in [0.4, 0.5) is 0 Å². The Hall–Kier alpha value is -1.35. The van der Waals surface area contributed by atoms with Gasteiger partial charge in [-0.05, 0) is 24.4 Å². The van der Waals surface area contributed by atoms with Crippen LogP contribution in [0.5, 0.6) is 0 Å². The van der Waals surface area contributed by atoms with Gasteiger partial charge in [-0.15, -0.1) is 0 Å². The first-order valence-electron chi connectivity index (χ1n) is 6.27. The van der Waals surface area contributed by atoms with Crippen molar-refractivity contribution in [1.29, 1.82) is 0 Å².